The molecule has 3 aromatic carbocycles. The first-order valence-electron chi connectivity index (χ1n) is 10.5. The fourth-order valence-corrected chi connectivity index (χ4v) is 6.11. The Bertz CT molecular complexity index is 1420. The summed E-state index contributed by atoms with van der Waals surface area (Å²) >= 11 is 0. The Balaban J connectivity index is 1.57. The molecule has 4 aromatic rings. The van der Waals surface area contributed by atoms with Crippen LogP contribution in [-0.4, -0.2) is 28.7 Å². The van der Waals surface area contributed by atoms with Gasteiger partial charge in [-0.05, 0) is 47.9 Å². The van der Waals surface area contributed by atoms with Crippen LogP contribution in [0, 0.1) is 0 Å². The lowest BCUT2D eigenvalue weighted by atomic mass is 10.1. The summed E-state index contributed by atoms with van der Waals surface area (Å²) in [6.45, 7) is 0.0416. The fraction of sp³-hybridized carbons (Fsp3) is 0.250. The zero-order valence-corrected chi connectivity index (χ0v) is 17.8. The maximum atomic E-state index is 13.7. The van der Waals surface area contributed by atoms with E-state index >= 15 is 0 Å². The Morgan fingerprint density at radius 2 is 1.65 bits per heavy atom. The smallest absolute Gasteiger partial charge is 0.258 e. The van der Waals surface area contributed by atoms with E-state index in [1.54, 1.807) is 30.3 Å². The van der Waals surface area contributed by atoms with Gasteiger partial charge in [0, 0.05) is 6.04 Å². The Morgan fingerprint density at radius 1 is 0.935 bits per heavy atom. The molecule has 1 aliphatic carbocycles. The first-order chi connectivity index (χ1) is 15.0. The van der Waals surface area contributed by atoms with E-state index in [1.807, 2.05) is 36.4 Å². The molecule has 0 unspecified atom stereocenters. The van der Waals surface area contributed by atoms with Gasteiger partial charge in [0.1, 0.15) is 5.82 Å². The van der Waals surface area contributed by atoms with Gasteiger partial charge < -0.3 is 4.98 Å². The van der Waals surface area contributed by atoms with Crippen molar-refractivity contribution in [2.45, 2.75) is 43.2 Å². The van der Waals surface area contributed by atoms with Crippen LogP contribution in [0.25, 0.3) is 21.7 Å². The zero-order chi connectivity index (χ0) is 21.4. The van der Waals surface area contributed by atoms with Crippen LogP contribution in [0.1, 0.15) is 31.5 Å². The van der Waals surface area contributed by atoms with Crippen LogP contribution in [-0.2, 0) is 16.6 Å². The van der Waals surface area contributed by atoms with Gasteiger partial charge in [-0.25, -0.2) is 13.4 Å². The molecule has 0 radical (unpaired) electrons. The monoisotopic (exact) mass is 433 g/mol. The number of benzene rings is 3. The summed E-state index contributed by atoms with van der Waals surface area (Å²) in [5.74, 6) is 0.361. The van der Waals surface area contributed by atoms with Gasteiger partial charge in [0.15, 0.2) is 0 Å². The highest BCUT2D eigenvalue weighted by Gasteiger charge is 2.34. The lowest BCUT2D eigenvalue weighted by molar-refractivity contribution is 0.310. The maximum Gasteiger partial charge on any atom is 0.258 e. The normalized spacial score (nSPS) is 15.3. The van der Waals surface area contributed by atoms with Crippen LogP contribution >= 0.6 is 0 Å². The molecule has 1 N–H and O–H groups in total. The third kappa shape index (κ3) is 3.75. The summed E-state index contributed by atoms with van der Waals surface area (Å²) in [7, 11) is -3.77. The molecule has 0 atom stereocenters. The van der Waals surface area contributed by atoms with Gasteiger partial charge in [-0.3, -0.25) is 4.79 Å². The average molecular weight is 434 g/mol. The number of nitrogens with zero attached hydrogens (tertiary/aromatic N) is 2. The number of para-hydroxylation sites is 1. The van der Waals surface area contributed by atoms with E-state index in [9.17, 15) is 13.2 Å². The standard InChI is InChI=1S/C24H23N3O3S/c28-24-21-11-5-6-12-22(21)25-23(26-24)16-27(19-9-3-4-10-19)31(29,30)20-14-13-17-7-1-2-8-18(17)15-20/h1-2,5-8,11-15,19H,3-4,9-10,16H2,(H,25,26,28). The highest BCUT2D eigenvalue weighted by atomic mass is 32.2. The van der Waals surface area contributed by atoms with Crippen molar-refractivity contribution >= 4 is 31.7 Å². The Kier molecular flexibility index (Phi) is 5.08. The molecule has 0 amide bonds. The maximum absolute atomic E-state index is 13.7. The van der Waals surface area contributed by atoms with Crippen molar-refractivity contribution in [3.63, 3.8) is 0 Å². The highest BCUT2D eigenvalue weighted by molar-refractivity contribution is 7.89. The Hall–Kier alpha value is -3.03. The van der Waals surface area contributed by atoms with Gasteiger partial charge in [0.05, 0.1) is 22.3 Å². The third-order valence-corrected chi connectivity index (χ3v) is 7.92. The predicted octanol–water partition coefficient (Wildman–Crippen LogP) is 4.21. The van der Waals surface area contributed by atoms with Gasteiger partial charge in [0.2, 0.25) is 10.0 Å². The Labute approximate surface area is 180 Å². The first kappa shape index (κ1) is 19.9. The van der Waals surface area contributed by atoms with Crippen LogP contribution in [0.2, 0.25) is 0 Å². The third-order valence-electron chi connectivity index (χ3n) is 6.03. The summed E-state index contributed by atoms with van der Waals surface area (Å²) in [6, 6.07) is 19.9. The van der Waals surface area contributed by atoms with Crippen molar-refractivity contribution in [1.29, 1.82) is 0 Å². The van der Waals surface area contributed by atoms with E-state index in [2.05, 4.69) is 9.97 Å². The second-order valence-electron chi connectivity index (χ2n) is 8.03. The van der Waals surface area contributed by atoms with E-state index < -0.39 is 10.0 Å². The predicted molar refractivity (Wildman–Crippen MR) is 121 cm³/mol. The quantitative estimate of drug-likeness (QED) is 0.511. The fourth-order valence-electron chi connectivity index (χ4n) is 4.42. The van der Waals surface area contributed by atoms with E-state index in [0.29, 0.717) is 16.7 Å². The topological polar surface area (TPSA) is 83.1 Å². The minimum atomic E-state index is -3.77. The van der Waals surface area contributed by atoms with Gasteiger partial charge in [-0.1, -0.05) is 55.3 Å². The molecule has 1 aliphatic rings. The number of hydrogen-bond donors (Lipinski definition) is 1. The minimum absolute atomic E-state index is 0.0416. The molecule has 0 aliphatic heterocycles. The number of H-pyrrole nitrogens is 1. The molecule has 0 spiro atoms. The lowest BCUT2D eigenvalue weighted by Gasteiger charge is -2.28. The lowest BCUT2D eigenvalue weighted by Crippen LogP contribution is -2.39. The second-order valence-corrected chi connectivity index (χ2v) is 9.92. The molecule has 0 bridgehead atoms. The molecule has 6 nitrogen and oxygen atoms in total. The number of hydrogen-bond acceptors (Lipinski definition) is 4. The zero-order valence-electron chi connectivity index (χ0n) is 17.0. The van der Waals surface area contributed by atoms with Crippen molar-refractivity contribution in [1.82, 2.24) is 14.3 Å². The molecule has 31 heavy (non-hydrogen) atoms. The molecule has 1 aromatic heterocycles. The average Bonchev–Trinajstić information content (AvgIpc) is 3.31. The molecule has 0 saturated heterocycles. The van der Waals surface area contributed by atoms with Crippen molar-refractivity contribution in [2.24, 2.45) is 0 Å². The molecule has 5 rings (SSSR count). The molecule has 7 heteroatoms. The number of aromatic amines is 1. The summed E-state index contributed by atoms with van der Waals surface area (Å²) in [4.78, 5) is 20.1. The summed E-state index contributed by atoms with van der Waals surface area (Å²) < 4.78 is 29.0. The molecular weight excluding hydrogens is 410 g/mol. The molecule has 1 heterocycles. The first-order valence-corrected chi connectivity index (χ1v) is 11.9. The van der Waals surface area contributed by atoms with Crippen LogP contribution in [0.5, 0.6) is 0 Å². The number of aromatic nitrogens is 2. The van der Waals surface area contributed by atoms with Crippen LogP contribution < -0.4 is 5.56 Å². The largest absolute Gasteiger partial charge is 0.309 e. The van der Waals surface area contributed by atoms with E-state index in [1.165, 1.54) is 4.31 Å². The van der Waals surface area contributed by atoms with Crippen molar-refractivity contribution in [3.8, 4) is 0 Å². The van der Waals surface area contributed by atoms with Crippen molar-refractivity contribution < 1.29 is 8.42 Å². The van der Waals surface area contributed by atoms with E-state index in [-0.39, 0.29) is 23.0 Å². The summed E-state index contributed by atoms with van der Waals surface area (Å²) in [6.07, 6.45) is 3.61. The second kappa shape index (κ2) is 7.90. The SMILES string of the molecule is O=c1[nH]c(CN(C2CCCC2)S(=O)(=O)c2ccc3ccccc3c2)nc2ccccc12. The van der Waals surface area contributed by atoms with Crippen molar-refractivity contribution in [2.75, 3.05) is 0 Å². The number of sulfonamides is 1. The number of fused-ring (bicyclic) bond motifs is 2. The highest BCUT2D eigenvalue weighted by Crippen LogP contribution is 2.31. The minimum Gasteiger partial charge on any atom is -0.309 e. The summed E-state index contributed by atoms with van der Waals surface area (Å²) in [5, 5.41) is 2.37. The van der Waals surface area contributed by atoms with Crippen LogP contribution in [0.15, 0.2) is 76.4 Å². The molecule has 1 fully saturated rings. The van der Waals surface area contributed by atoms with E-state index in [4.69, 9.17) is 0 Å². The molecular formula is C24H23N3O3S. The molecule has 158 valence electrons. The number of rotatable bonds is 5. The number of nitrogens with one attached hydrogen (secondary N) is 1. The van der Waals surface area contributed by atoms with E-state index in [0.717, 1.165) is 36.5 Å². The van der Waals surface area contributed by atoms with Crippen LogP contribution in [0.4, 0.5) is 0 Å². The van der Waals surface area contributed by atoms with Crippen LogP contribution in [0.3, 0.4) is 0 Å². The molecule has 1 saturated carbocycles. The van der Waals surface area contributed by atoms with Gasteiger partial charge >= 0.3 is 0 Å². The Morgan fingerprint density at radius 3 is 2.45 bits per heavy atom. The van der Waals surface area contributed by atoms with Gasteiger partial charge in [-0.2, -0.15) is 4.31 Å². The van der Waals surface area contributed by atoms with Gasteiger partial charge in [0.25, 0.3) is 5.56 Å². The summed E-state index contributed by atoms with van der Waals surface area (Å²) in [5.41, 5.74) is 0.311. The van der Waals surface area contributed by atoms with Crippen molar-refractivity contribution in [3.05, 3.63) is 82.9 Å². The van der Waals surface area contributed by atoms with Gasteiger partial charge in [-0.15, -0.1) is 0 Å².